The van der Waals surface area contributed by atoms with Crippen LogP contribution in [0.25, 0.3) is 11.1 Å². The summed E-state index contributed by atoms with van der Waals surface area (Å²) >= 11 is 0. The van der Waals surface area contributed by atoms with E-state index < -0.39 is 29.6 Å². The Morgan fingerprint density at radius 3 is 2.22 bits per heavy atom. The number of anilines is 1. The van der Waals surface area contributed by atoms with Gasteiger partial charge in [-0.1, -0.05) is 72.8 Å². The number of nitrogens with one attached hydrogen (secondary N) is 2. The second-order valence-electron chi connectivity index (χ2n) is 10.9. The van der Waals surface area contributed by atoms with Gasteiger partial charge in [-0.25, -0.2) is 9.59 Å². The van der Waals surface area contributed by atoms with Crippen LogP contribution in [0.2, 0.25) is 0 Å². The van der Waals surface area contributed by atoms with Crippen molar-refractivity contribution in [2.75, 3.05) is 5.32 Å². The van der Waals surface area contributed by atoms with E-state index in [0.717, 1.165) is 23.1 Å². The van der Waals surface area contributed by atoms with Crippen molar-refractivity contribution in [2.45, 2.75) is 45.4 Å². The number of hydrogen-bond donors (Lipinski definition) is 2. The fourth-order valence-electron chi connectivity index (χ4n) is 4.85. The SMILES string of the molecule is CC(C)(C)OC(=O)c1ccc(NC(=O)C(NC(=O)OCc2cccc3c2Cc2ccccc2-3)c2ccccc2)cc1. The fraction of sp³-hybridized carbons (Fsp3) is 0.206. The summed E-state index contributed by atoms with van der Waals surface area (Å²) in [7, 11) is 0. The molecule has 0 fully saturated rings. The standard InChI is InChI=1S/C34H32N2O5/c1-34(2,3)41-32(38)23-16-18-26(19-17-23)35-31(37)30(22-10-5-4-6-11-22)36-33(39)40-21-25-13-9-15-28-27-14-8-7-12-24(27)20-29(25)28/h4-19,30H,20-21H2,1-3H3,(H,35,37)(H,36,39). The molecule has 0 aliphatic heterocycles. The van der Waals surface area contributed by atoms with Crippen LogP contribution < -0.4 is 10.6 Å². The number of hydrogen-bond acceptors (Lipinski definition) is 5. The number of amides is 2. The average molecular weight is 549 g/mol. The van der Waals surface area contributed by atoms with Gasteiger partial charge in [0.25, 0.3) is 5.91 Å². The highest BCUT2D eigenvalue weighted by molar-refractivity contribution is 5.98. The minimum absolute atomic E-state index is 0.0816. The van der Waals surface area contributed by atoms with Crippen LogP contribution in [0.1, 0.15) is 59.4 Å². The predicted octanol–water partition coefficient (Wildman–Crippen LogP) is 6.82. The third kappa shape index (κ3) is 6.64. The van der Waals surface area contributed by atoms with E-state index in [9.17, 15) is 14.4 Å². The molecule has 2 amide bonds. The van der Waals surface area contributed by atoms with Crippen molar-refractivity contribution in [1.82, 2.24) is 5.32 Å². The van der Waals surface area contributed by atoms with Crippen molar-refractivity contribution in [2.24, 2.45) is 0 Å². The molecule has 7 heteroatoms. The molecule has 0 aromatic heterocycles. The molecule has 0 heterocycles. The average Bonchev–Trinajstić information content (AvgIpc) is 3.34. The Morgan fingerprint density at radius 1 is 0.805 bits per heavy atom. The van der Waals surface area contributed by atoms with Gasteiger partial charge in [-0.2, -0.15) is 0 Å². The molecule has 4 aromatic carbocycles. The van der Waals surface area contributed by atoms with E-state index in [2.05, 4.69) is 28.8 Å². The molecule has 1 unspecified atom stereocenters. The first kappa shape index (κ1) is 27.6. The number of rotatable bonds is 7. The quantitative estimate of drug-likeness (QED) is 0.218. The summed E-state index contributed by atoms with van der Waals surface area (Å²) in [6, 6.07) is 28.6. The summed E-state index contributed by atoms with van der Waals surface area (Å²) in [5, 5.41) is 5.53. The van der Waals surface area contributed by atoms with Crippen molar-refractivity contribution < 1.29 is 23.9 Å². The highest BCUT2D eigenvalue weighted by Crippen LogP contribution is 2.38. The maximum absolute atomic E-state index is 13.3. The maximum Gasteiger partial charge on any atom is 0.408 e. The molecule has 0 spiro atoms. The number of benzene rings is 4. The Balaban J connectivity index is 1.25. The Morgan fingerprint density at radius 2 is 1.49 bits per heavy atom. The van der Waals surface area contributed by atoms with Crippen LogP contribution in [0.3, 0.4) is 0 Å². The first-order valence-corrected chi connectivity index (χ1v) is 13.5. The lowest BCUT2D eigenvalue weighted by molar-refractivity contribution is -0.118. The van der Waals surface area contributed by atoms with Crippen LogP contribution in [-0.4, -0.2) is 23.6 Å². The van der Waals surface area contributed by atoms with Gasteiger partial charge in [0.15, 0.2) is 0 Å². The van der Waals surface area contributed by atoms with Crippen LogP contribution in [0.5, 0.6) is 0 Å². The van der Waals surface area contributed by atoms with Gasteiger partial charge in [0.1, 0.15) is 18.2 Å². The first-order valence-electron chi connectivity index (χ1n) is 13.5. The van der Waals surface area contributed by atoms with Gasteiger partial charge in [-0.3, -0.25) is 4.79 Å². The summed E-state index contributed by atoms with van der Waals surface area (Å²) in [6.07, 6.45) is 0.0800. The van der Waals surface area contributed by atoms with Crippen molar-refractivity contribution in [3.8, 4) is 11.1 Å². The zero-order valence-corrected chi connectivity index (χ0v) is 23.3. The van der Waals surface area contributed by atoms with Crippen LogP contribution in [-0.2, 0) is 27.3 Å². The summed E-state index contributed by atoms with van der Waals surface area (Å²) in [4.78, 5) is 38.6. The molecule has 7 nitrogen and oxygen atoms in total. The van der Waals surface area contributed by atoms with Gasteiger partial charge in [-0.05, 0) is 84.8 Å². The van der Waals surface area contributed by atoms with Crippen molar-refractivity contribution in [3.05, 3.63) is 125 Å². The highest BCUT2D eigenvalue weighted by Gasteiger charge is 2.25. The van der Waals surface area contributed by atoms with E-state index in [1.54, 1.807) is 69.3 Å². The molecular formula is C34H32N2O5. The van der Waals surface area contributed by atoms with Crippen LogP contribution in [0, 0.1) is 0 Å². The summed E-state index contributed by atoms with van der Waals surface area (Å²) in [6.45, 7) is 5.48. The zero-order valence-electron chi connectivity index (χ0n) is 23.3. The second-order valence-corrected chi connectivity index (χ2v) is 10.9. The summed E-state index contributed by atoms with van der Waals surface area (Å²) in [5.41, 5.74) is 6.51. The van der Waals surface area contributed by atoms with Gasteiger partial charge in [0.2, 0.25) is 0 Å². The smallest absolute Gasteiger partial charge is 0.408 e. The molecular weight excluding hydrogens is 516 g/mol. The Kier molecular flexibility index (Phi) is 7.88. The summed E-state index contributed by atoms with van der Waals surface area (Å²) < 4.78 is 11.0. The normalized spacial score (nSPS) is 12.5. The van der Waals surface area contributed by atoms with Crippen molar-refractivity contribution in [3.63, 3.8) is 0 Å². The molecule has 0 radical (unpaired) electrons. The molecule has 41 heavy (non-hydrogen) atoms. The topological polar surface area (TPSA) is 93.7 Å². The van der Waals surface area contributed by atoms with Crippen LogP contribution in [0.15, 0.2) is 97.1 Å². The third-order valence-electron chi connectivity index (χ3n) is 6.75. The minimum Gasteiger partial charge on any atom is -0.456 e. The number of alkyl carbamates (subject to hydrolysis) is 1. The maximum atomic E-state index is 13.3. The molecule has 0 bridgehead atoms. The number of ether oxygens (including phenoxy) is 2. The predicted molar refractivity (Wildman–Crippen MR) is 157 cm³/mol. The van der Waals surface area contributed by atoms with Gasteiger partial charge in [0.05, 0.1) is 5.56 Å². The molecule has 5 rings (SSSR count). The van der Waals surface area contributed by atoms with Gasteiger partial charge in [0, 0.05) is 5.69 Å². The van der Waals surface area contributed by atoms with Gasteiger partial charge >= 0.3 is 12.1 Å². The Hall–Kier alpha value is -4.91. The monoisotopic (exact) mass is 548 g/mol. The minimum atomic E-state index is -1.00. The number of esters is 1. The van der Waals surface area contributed by atoms with E-state index in [4.69, 9.17) is 9.47 Å². The highest BCUT2D eigenvalue weighted by atomic mass is 16.6. The second kappa shape index (κ2) is 11.7. The largest absolute Gasteiger partial charge is 0.456 e. The lowest BCUT2D eigenvalue weighted by Crippen LogP contribution is -2.37. The third-order valence-corrected chi connectivity index (χ3v) is 6.75. The molecule has 4 aromatic rings. The van der Waals surface area contributed by atoms with E-state index in [1.165, 1.54) is 11.1 Å². The van der Waals surface area contributed by atoms with Crippen molar-refractivity contribution >= 4 is 23.7 Å². The van der Waals surface area contributed by atoms with Crippen LogP contribution in [0.4, 0.5) is 10.5 Å². The van der Waals surface area contributed by atoms with E-state index in [0.29, 0.717) is 16.8 Å². The lowest BCUT2D eigenvalue weighted by atomic mass is 10.0. The summed E-state index contributed by atoms with van der Waals surface area (Å²) in [5.74, 6) is -0.899. The number of carbonyl (C=O) groups excluding carboxylic acids is 3. The van der Waals surface area contributed by atoms with E-state index >= 15 is 0 Å². The first-order chi connectivity index (χ1) is 19.7. The van der Waals surface area contributed by atoms with Gasteiger partial charge in [-0.15, -0.1) is 0 Å². The molecule has 2 N–H and O–H groups in total. The molecule has 1 aliphatic rings. The van der Waals surface area contributed by atoms with Gasteiger partial charge < -0.3 is 20.1 Å². The molecule has 0 saturated heterocycles. The molecule has 1 aliphatic carbocycles. The zero-order chi connectivity index (χ0) is 29.0. The Labute approximate surface area is 239 Å². The van der Waals surface area contributed by atoms with E-state index in [1.807, 2.05) is 30.3 Å². The van der Waals surface area contributed by atoms with E-state index in [-0.39, 0.29) is 6.61 Å². The van der Waals surface area contributed by atoms with Crippen LogP contribution >= 0.6 is 0 Å². The molecule has 0 saturated carbocycles. The number of fused-ring (bicyclic) bond motifs is 3. The fourth-order valence-corrected chi connectivity index (χ4v) is 4.85. The number of carbonyl (C=O) groups is 3. The van der Waals surface area contributed by atoms with Crippen molar-refractivity contribution in [1.29, 1.82) is 0 Å². The molecule has 1 atom stereocenters. The molecule has 208 valence electrons. The Bertz CT molecular complexity index is 1570. The lowest BCUT2D eigenvalue weighted by Gasteiger charge is -2.20.